The van der Waals surface area contributed by atoms with E-state index in [1.165, 1.54) is 5.57 Å². The number of hydrogen-bond donors (Lipinski definition) is 0. The van der Waals surface area contributed by atoms with Gasteiger partial charge in [-0.25, -0.2) is 0 Å². The van der Waals surface area contributed by atoms with Crippen LogP contribution in [0.4, 0.5) is 0 Å². The van der Waals surface area contributed by atoms with Gasteiger partial charge in [-0.05, 0) is 19.3 Å². The average molecular weight is 111 g/mol. The summed E-state index contributed by atoms with van der Waals surface area (Å²) < 4.78 is 0. The van der Waals surface area contributed by atoms with Gasteiger partial charge >= 0.3 is 0 Å². The van der Waals surface area contributed by atoms with Crippen molar-refractivity contribution >= 4 is 0 Å². The molecule has 1 aliphatic carbocycles. The van der Waals surface area contributed by atoms with Gasteiger partial charge in [-0.2, -0.15) is 4.91 Å². The van der Waals surface area contributed by atoms with Crippen molar-refractivity contribution in [2.45, 2.75) is 25.3 Å². The van der Waals surface area contributed by atoms with Crippen LogP contribution in [-0.2, 0) is 0 Å². The highest BCUT2D eigenvalue weighted by Crippen LogP contribution is 2.24. The highest BCUT2D eigenvalue weighted by molar-refractivity contribution is 5.04. The largest absolute Gasteiger partial charge is 0.151 e. The zero-order chi connectivity index (χ0) is 5.98. The minimum Gasteiger partial charge on any atom is -0.151 e. The first-order chi connectivity index (χ1) is 3.83. The first-order valence-corrected chi connectivity index (χ1v) is 2.82. The van der Waals surface area contributed by atoms with E-state index in [9.17, 15) is 4.91 Å². The maximum atomic E-state index is 9.86. The van der Waals surface area contributed by atoms with Crippen molar-refractivity contribution in [1.29, 1.82) is 0 Å². The SMILES string of the molecule is C=C1CCC(N=O)C1. The van der Waals surface area contributed by atoms with Gasteiger partial charge < -0.3 is 0 Å². The van der Waals surface area contributed by atoms with Crippen molar-refractivity contribution in [3.63, 3.8) is 0 Å². The van der Waals surface area contributed by atoms with E-state index < -0.39 is 0 Å². The molecule has 44 valence electrons. The van der Waals surface area contributed by atoms with Crippen LogP contribution in [0.2, 0.25) is 0 Å². The number of hydrogen-bond acceptors (Lipinski definition) is 2. The molecule has 0 bridgehead atoms. The molecule has 0 aromatic carbocycles. The molecule has 2 nitrogen and oxygen atoms in total. The molecular weight excluding hydrogens is 102 g/mol. The Hall–Kier alpha value is -0.660. The lowest BCUT2D eigenvalue weighted by Crippen LogP contribution is -1.91. The number of rotatable bonds is 1. The molecule has 1 aliphatic rings. The third kappa shape index (κ3) is 0.941. The second-order valence-corrected chi connectivity index (χ2v) is 2.25. The second kappa shape index (κ2) is 2.07. The molecule has 1 rings (SSSR count). The first kappa shape index (κ1) is 5.48. The monoisotopic (exact) mass is 111 g/mol. The highest BCUT2D eigenvalue weighted by atomic mass is 16.3. The van der Waals surface area contributed by atoms with Gasteiger partial charge in [0.05, 0.1) is 6.04 Å². The summed E-state index contributed by atoms with van der Waals surface area (Å²) in [5, 5.41) is 2.93. The highest BCUT2D eigenvalue weighted by Gasteiger charge is 2.17. The van der Waals surface area contributed by atoms with Gasteiger partial charge in [0, 0.05) is 0 Å². The molecule has 0 radical (unpaired) electrons. The quantitative estimate of drug-likeness (QED) is 0.375. The molecule has 0 heterocycles. The van der Waals surface area contributed by atoms with Crippen LogP contribution in [-0.4, -0.2) is 6.04 Å². The van der Waals surface area contributed by atoms with E-state index in [1.807, 2.05) is 0 Å². The summed E-state index contributed by atoms with van der Waals surface area (Å²) in [5.41, 5.74) is 1.18. The van der Waals surface area contributed by atoms with E-state index >= 15 is 0 Å². The predicted molar refractivity (Wildman–Crippen MR) is 32.6 cm³/mol. The molecular formula is C6H9NO. The summed E-state index contributed by atoms with van der Waals surface area (Å²) in [6.45, 7) is 3.75. The third-order valence-electron chi connectivity index (χ3n) is 1.50. The molecule has 0 N–H and O–H groups in total. The topological polar surface area (TPSA) is 29.4 Å². The molecule has 0 amide bonds. The third-order valence-corrected chi connectivity index (χ3v) is 1.50. The van der Waals surface area contributed by atoms with Gasteiger partial charge in [0.15, 0.2) is 0 Å². The lowest BCUT2D eigenvalue weighted by molar-refractivity contribution is 0.708. The Morgan fingerprint density at radius 1 is 1.75 bits per heavy atom. The summed E-state index contributed by atoms with van der Waals surface area (Å²) in [4.78, 5) is 9.86. The van der Waals surface area contributed by atoms with E-state index in [-0.39, 0.29) is 6.04 Å². The molecule has 1 unspecified atom stereocenters. The number of nitrogens with zero attached hydrogens (tertiary/aromatic N) is 1. The van der Waals surface area contributed by atoms with Crippen molar-refractivity contribution in [2.75, 3.05) is 0 Å². The molecule has 0 saturated heterocycles. The molecule has 0 aliphatic heterocycles. The Morgan fingerprint density at radius 3 is 2.75 bits per heavy atom. The Morgan fingerprint density at radius 2 is 2.50 bits per heavy atom. The molecule has 2 heteroatoms. The Balaban J connectivity index is 2.43. The molecule has 8 heavy (non-hydrogen) atoms. The normalized spacial score (nSPS) is 28.5. The summed E-state index contributed by atoms with van der Waals surface area (Å²) >= 11 is 0. The first-order valence-electron chi connectivity index (χ1n) is 2.82. The summed E-state index contributed by atoms with van der Waals surface area (Å²) in [6, 6.07) is 0.0440. The summed E-state index contributed by atoms with van der Waals surface area (Å²) in [7, 11) is 0. The molecule has 1 atom stereocenters. The maximum Gasteiger partial charge on any atom is 0.0959 e. The zero-order valence-electron chi connectivity index (χ0n) is 4.76. The van der Waals surface area contributed by atoms with Crippen molar-refractivity contribution in [2.24, 2.45) is 5.18 Å². The Kier molecular flexibility index (Phi) is 1.42. The van der Waals surface area contributed by atoms with Gasteiger partial charge in [0.25, 0.3) is 0 Å². The zero-order valence-corrected chi connectivity index (χ0v) is 4.76. The van der Waals surface area contributed by atoms with Gasteiger partial charge in [-0.1, -0.05) is 17.3 Å². The van der Waals surface area contributed by atoms with Gasteiger partial charge in [-0.3, -0.25) is 0 Å². The fourth-order valence-corrected chi connectivity index (χ4v) is 0.998. The van der Waals surface area contributed by atoms with Gasteiger partial charge in [0.2, 0.25) is 0 Å². The lowest BCUT2D eigenvalue weighted by Gasteiger charge is -1.89. The van der Waals surface area contributed by atoms with Crippen LogP contribution in [0.15, 0.2) is 17.3 Å². The predicted octanol–water partition coefficient (Wildman–Crippen LogP) is 1.86. The van der Waals surface area contributed by atoms with Gasteiger partial charge in [0.1, 0.15) is 0 Å². The van der Waals surface area contributed by atoms with Crippen molar-refractivity contribution in [3.8, 4) is 0 Å². The van der Waals surface area contributed by atoms with Crippen molar-refractivity contribution in [3.05, 3.63) is 17.1 Å². The Labute approximate surface area is 48.6 Å². The van der Waals surface area contributed by atoms with Crippen LogP contribution in [0.3, 0.4) is 0 Å². The van der Waals surface area contributed by atoms with Crippen LogP contribution < -0.4 is 0 Å². The van der Waals surface area contributed by atoms with Crippen molar-refractivity contribution in [1.82, 2.24) is 0 Å². The van der Waals surface area contributed by atoms with Crippen LogP contribution in [0, 0.1) is 4.91 Å². The van der Waals surface area contributed by atoms with E-state index in [0.29, 0.717) is 0 Å². The molecule has 0 aromatic rings. The van der Waals surface area contributed by atoms with E-state index in [2.05, 4.69) is 11.8 Å². The number of nitroso groups, excluding NO2 is 1. The minimum absolute atomic E-state index is 0.0440. The lowest BCUT2D eigenvalue weighted by atomic mass is 10.2. The van der Waals surface area contributed by atoms with E-state index in [4.69, 9.17) is 0 Å². The molecule has 0 aromatic heterocycles. The standard InChI is InChI=1S/C6H9NO/c1-5-2-3-6(4-5)7-8/h6H,1-4H2. The molecule has 0 spiro atoms. The van der Waals surface area contributed by atoms with E-state index in [0.717, 1.165) is 19.3 Å². The van der Waals surface area contributed by atoms with Crippen LogP contribution in [0.1, 0.15) is 19.3 Å². The average Bonchev–Trinajstić information content (AvgIpc) is 2.14. The second-order valence-electron chi connectivity index (χ2n) is 2.25. The fourth-order valence-electron chi connectivity index (χ4n) is 0.998. The fraction of sp³-hybridized carbons (Fsp3) is 0.667. The van der Waals surface area contributed by atoms with Gasteiger partial charge in [-0.15, -0.1) is 0 Å². The summed E-state index contributed by atoms with van der Waals surface area (Å²) in [6.07, 6.45) is 2.74. The Bertz CT molecular complexity index is 120. The minimum atomic E-state index is 0.0440. The molecule has 1 fully saturated rings. The van der Waals surface area contributed by atoms with Crippen LogP contribution >= 0.6 is 0 Å². The molecule has 1 saturated carbocycles. The summed E-state index contributed by atoms with van der Waals surface area (Å²) in [5.74, 6) is 0. The van der Waals surface area contributed by atoms with Crippen molar-refractivity contribution < 1.29 is 0 Å². The van der Waals surface area contributed by atoms with Crippen LogP contribution in [0.5, 0.6) is 0 Å². The maximum absolute atomic E-state index is 9.86. The van der Waals surface area contributed by atoms with E-state index in [1.54, 1.807) is 0 Å². The smallest absolute Gasteiger partial charge is 0.0959 e. The van der Waals surface area contributed by atoms with Crippen LogP contribution in [0.25, 0.3) is 0 Å².